The van der Waals surface area contributed by atoms with Gasteiger partial charge in [-0.05, 0) is 43.7 Å². The van der Waals surface area contributed by atoms with Crippen molar-refractivity contribution in [2.24, 2.45) is 0 Å². The Labute approximate surface area is 99.2 Å². The van der Waals surface area contributed by atoms with Crippen LogP contribution in [-0.2, 0) is 6.42 Å². The van der Waals surface area contributed by atoms with Crippen LogP contribution in [0, 0.1) is 5.82 Å². The van der Waals surface area contributed by atoms with Gasteiger partial charge in [0.2, 0.25) is 0 Å². The second-order valence-electron chi connectivity index (χ2n) is 3.76. The summed E-state index contributed by atoms with van der Waals surface area (Å²) in [6.45, 7) is 2.16. The van der Waals surface area contributed by atoms with Crippen LogP contribution >= 0.6 is 15.9 Å². The van der Waals surface area contributed by atoms with Gasteiger partial charge in [0.15, 0.2) is 0 Å². The van der Waals surface area contributed by atoms with Crippen LogP contribution in [0.3, 0.4) is 0 Å². The summed E-state index contributed by atoms with van der Waals surface area (Å²) in [5.41, 5.74) is 1.04. The van der Waals surface area contributed by atoms with E-state index in [0.29, 0.717) is 6.04 Å². The predicted molar refractivity (Wildman–Crippen MR) is 65.6 cm³/mol. The number of rotatable bonds is 5. The summed E-state index contributed by atoms with van der Waals surface area (Å²) in [6, 6.07) is 5.50. The van der Waals surface area contributed by atoms with Crippen LogP contribution < -0.4 is 5.32 Å². The van der Waals surface area contributed by atoms with Gasteiger partial charge in [-0.1, -0.05) is 29.3 Å². The maximum atomic E-state index is 13.1. The average Bonchev–Trinajstić information content (AvgIpc) is 2.15. The lowest BCUT2D eigenvalue weighted by molar-refractivity contribution is 0.512. The second-order valence-corrected chi connectivity index (χ2v) is 4.67. The number of benzene rings is 1. The minimum atomic E-state index is -0.175. The lowest BCUT2D eigenvalue weighted by Gasteiger charge is -2.15. The number of halogens is 2. The third kappa shape index (κ3) is 4.31. The van der Waals surface area contributed by atoms with E-state index in [0.717, 1.165) is 29.3 Å². The lowest BCUT2D eigenvalue weighted by atomic mass is 10.0. The third-order valence-electron chi connectivity index (χ3n) is 2.45. The minimum absolute atomic E-state index is 0.175. The second kappa shape index (κ2) is 6.23. The first-order valence-corrected chi connectivity index (χ1v) is 6.07. The molecule has 0 amide bonds. The summed E-state index contributed by atoms with van der Waals surface area (Å²) in [6.07, 6.45) is 3.13. The van der Waals surface area contributed by atoms with Crippen molar-refractivity contribution in [1.82, 2.24) is 5.32 Å². The quantitative estimate of drug-likeness (QED) is 0.866. The highest BCUT2D eigenvalue weighted by Gasteiger charge is 2.07. The van der Waals surface area contributed by atoms with E-state index < -0.39 is 0 Å². The van der Waals surface area contributed by atoms with Crippen LogP contribution in [-0.4, -0.2) is 13.1 Å². The molecule has 0 radical (unpaired) electrons. The predicted octanol–water partition coefficient (Wildman–Crippen LogP) is 3.52. The Kier molecular flexibility index (Phi) is 5.26. The Balaban J connectivity index is 2.69. The molecule has 0 aromatic heterocycles. The molecule has 0 heterocycles. The summed E-state index contributed by atoms with van der Waals surface area (Å²) in [5, 5.41) is 3.25. The van der Waals surface area contributed by atoms with E-state index in [-0.39, 0.29) is 5.82 Å². The van der Waals surface area contributed by atoms with Gasteiger partial charge >= 0.3 is 0 Å². The molecule has 0 aliphatic heterocycles. The lowest BCUT2D eigenvalue weighted by Crippen LogP contribution is -2.27. The molecule has 0 fully saturated rings. The highest BCUT2D eigenvalue weighted by molar-refractivity contribution is 9.10. The smallest absolute Gasteiger partial charge is 0.124 e. The molecule has 0 aliphatic carbocycles. The van der Waals surface area contributed by atoms with Gasteiger partial charge < -0.3 is 5.32 Å². The molecule has 0 spiro atoms. The third-order valence-corrected chi connectivity index (χ3v) is 2.91. The van der Waals surface area contributed by atoms with E-state index in [9.17, 15) is 4.39 Å². The van der Waals surface area contributed by atoms with Gasteiger partial charge in [-0.3, -0.25) is 0 Å². The Hall–Kier alpha value is -0.410. The van der Waals surface area contributed by atoms with Gasteiger partial charge in [0.25, 0.3) is 0 Å². The SMILES string of the molecule is CCCC(Cc1cc(F)cc(Br)c1)NC. The van der Waals surface area contributed by atoms with Gasteiger partial charge in [0.1, 0.15) is 5.82 Å². The summed E-state index contributed by atoms with van der Waals surface area (Å²) in [5.74, 6) is -0.175. The van der Waals surface area contributed by atoms with Gasteiger partial charge in [0, 0.05) is 10.5 Å². The molecule has 0 saturated carbocycles. The number of nitrogens with one attached hydrogen (secondary N) is 1. The summed E-state index contributed by atoms with van der Waals surface area (Å²) < 4.78 is 13.9. The topological polar surface area (TPSA) is 12.0 Å². The fourth-order valence-electron chi connectivity index (χ4n) is 1.71. The van der Waals surface area contributed by atoms with Gasteiger partial charge in [-0.25, -0.2) is 4.39 Å². The zero-order chi connectivity index (χ0) is 11.3. The zero-order valence-electron chi connectivity index (χ0n) is 9.19. The Morgan fingerprint density at radius 2 is 2.13 bits per heavy atom. The zero-order valence-corrected chi connectivity index (χ0v) is 10.8. The number of likely N-dealkylation sites (N-methyl/N-ethyl adjacent to an activating group) is 1. The van der Waals surface area contributed by atoms with Crippen molar-refractivity contribution >= 4 is 15.9 Å². The maximum Gasteiger partial charge on any atom is 0.124 e. The van der Waals surface area contributed by atoms with E-state index in [1.165, 1.54) is 6.07 Å². The Bertz CT molecular complexity index is 294. The monoisotopic (exact) mass is 273 g/mol. The Morgan fingerprint density at radius 3 is 2.67 bits per heavy atom. The molecule has 0 aliphatic rings. The van der Waals surface area contributed by atoms with Crippen LogP contribution in [0.1, 0.15) is 25.3 Å². The van der Waals surface area contributed by atoms with Crippen molar-refractivity contribution in [3.05, 3.63) is 34.1 Å². The maximum absolute atomic E-state index is 13.1. The molecule has 0 saturated heterocycles. The van der Waals surface area contributed by atoms with E-state index in [1.54, 1.807) is 6.07 Å². The first kappa shape index (κ1) is 12.7. The molecule has 1 nitrogen and oxygen atoms in total. The molecule has 3 heteroatoms. The van der Waals surface area contributed by atoms with Gasteiger partial charge in [-0.2, -0.15) is 0 Å². The van der Waals surface area contributed by atoms with E-state index in [2.05, 4.69) is 28.2 Å². The van der Waals surface area contributed by atoms with Gasteiger partial charge in [-0.15, -0.1) is 0 Å². The molecule has 1 rings (SSSR count). The van der Waals surface area contributed by atoms with Crippen molar-refractivity contribution in [1.29, 1.82) is 0 Å². The minimum Gasteiger partial charge on any atom is -0.317 e. The first-order valence-electron chi connectivity index (χ1n) is 5.28. The van der Waals surface area contributed by atoms with Gasteiger partial charge in [0.05, 0.1) is 0 Å². The van der Waals surface area contributed by atoms with Crippen LogP contribution in [0.2, 0.25) is 0 Å². The van der Waals surface area contributed by atoms with Crippen molar-refractivity contribution in [3.8, 4) is 0 Å². The van der Waals surface area contributed by atoms with E-state index in [4.69, 9.17) is 0 Å². The van der Waals surface area contributed by atoms with E-state index >= 15 is 0 Å². The van der Waals surface area contributed by atoms with E-state index in [1.807, 2.05) is 13.1 Å². The summed E-state index contributed by atoms with van der Waals surface area (Å²) in [7, 11) is 1.95. The number of hydrogen-bond donors (Lipinski definition) is 1. The molecular formula is C12H17BrFN. The molecule has 1 aromatic carbocycles. The highest BCUT2D eigenvalue weighted by atomic mass is 79.9. The van der Waals surface area contributed by atoms with Crippen LogP contribution in [0.5, 0.6) is 0 Å². The molecule has 1 unspecified atom stereocenters. The average molecular weight is 274 g/mol. The molecule has 0 bridgehead atoms. The Morgan fingerprint density at radius 1 is 1.40 bits per heavy atom. The van der Waals surface area contributed by atoms with Crippen molar-refractivity contribution in [3.63, 3.8) is 0 Å². The van der Waals surface area contributed by atoms with Crippen LogP contribution in [0.25, 0.3) is 0 Å². The van der Waals surface area contributed by atoms with Crippen LogP contribution in [0.15, 0.2) is 22.7 Å². The van der Waals surface area contributed by atoms with Crippen molar-refractivity contribution in [2.45, 2.75) is 32.2 Å². The highest BCUT2D eigenvalue weighted by Crippen LogP contribution is 2.17. The van der Waals surface area contributed by atoms with Crippen molar-refractivity contribution < 1.29 is 4.39 Å². The number of hydrogen-bond acceptors (Lipinski definition) is 1. The molecule has 84 valence electrons. The molecule has 1 N–H and O–H groups in total. The molecular weight excluding hydrogens is 257 g/mol. The molecule has 15 heavy (non-hydrogen) atoms. The fourth-order valence-corrected chi connectivity index (χ4v) is 2.22. The largest absolute Gasteiger partial charge is 0.317 e. The molecule has 1 atom stereocenters. The standard InChI is InChI=1S/C12H17BrFN/c1-3-4-12(15-2)7-9-5-10(13)8-11(14)6-9/h5-6,8,12,15H,3-4,7H2,1-2H3. The van der Waals surface area contributed by atoms with Crippen LogP contribution in [0.4, 0.5) is 4.39 Å². The summed E-state index contributed by atoms with van der Waals surface area (Å²) in [4.78, 5) is 0. The van der Waals surface area contributed by atoms with Crippen molar-refractivity contribution in [2.75, 3.05) is 7.05 Å². The fraction of sp³-hybridized carbons (Fsp3) is 0.500. The first-order chi connectivity index (χ1) is 7.15. The molecule has 1 aromatic rings. The normalized spacial score (nSPS) is 12.8. The summed E-state index contributed by atoms with van der Waals surface area (Å²) >= 11 is 3.30.